The highest BCUT2D eigenvalue weighted by Gasteiger charge is 2.28. The van der Waals surface area contributed by atoms with Gasteiger partial charge in [0, 0.05) is 18.9 Å². The third kappa shape index (κ3) is 4.98. The lowest BCUT2D eigenvalue weighted by atomic mass is 9.94. The van der Waals surface area contributed by atoms with Crippen LogP contribution in [0.3, 0.4) is 0 Å². The van der Waals surface area contributed by atoms with Crippen LogP contribution in [0, 0.1) is 0 Å². The van der Waals surface area contributed by atoms with Crippen molar-refractivity contribution in [2.24, 2.45) is 0 Å². The maximum Gasteiger partial charge on any atom is 0.315 e. The van der Waals surface area contributed by atoms with Crippen LogP contribution in [-0.2, 0) is 0 Å². The number of nitrogens with zero attached hydrogens (tertiary/aromatic N) is 1. The largest absolute Gasteiger partial charge is 0.388 e. The van der Waals surface area contributed by atoms with Gasteiger partial charge in [0.2, 0.25) is 0 Å². The molecule has 122 valence electrons. The number of rotatable bonds is 5. The SMILES string of the molecule is CCC(NC(=O)NCC1(O)CCCCCC1)c1ccncc1. The molecule has 1 aliphatic carbocycles. The van der Waals surface area contributed by atoms with Crippen molar-refractivity contribution in [3.8, 4) is 0 Å². The molecular formula is C17H27N3O2. The number of carbonyl (C=O) groups excluding carboxylic acids is 1. The van der Waals surface area contributed by atoms with Crippen molar-refractivity contribution in [3.63, 3.8) is 0 Å². The second kappa shape index (κ2) is 8.13. The average Bonchev–Trinajstić information content (AvgIpc) is 2.77. The predicted octanol–water partition coefficient (Wildman–Crippen LogP) is 2.92. The molecule has 3 N–H and O–H groups in total. The van der Waals surface area contributed by atoms with Crippen molar-refractivity contribution >= 4 is 6.03 Å². The van der Waals surface area contributed by atoms with E-state index in [-0.39, 0.29) is 12.1 Å². The van der Waals surface area contributed by atoms with Crippen LogP contribution >= 0.6 is 0 Å². The molecular weight excluding hydrogens is 278 g/mol. The second-order valence-electron chi connectivity index (χ2n) is 6.21. The van der Waals surface area contributed by atoms with E-state index in [1.54, 1.807) is 12.4 Å². The summed E-state index contributed by atoms with van der Waals surface area (Å²) in [5.74, 6) is 0. The number of urea groups is 1. The van der Waals surface area contributed by atoms with Gasteiger partial charge in [0.05, 0.1) is 11.6 Å². The average molecular weight is 305 g/mol. The Balaban J connectivity index is 1.84. The standard InChI is InChI=1S/C17H27N3O2/c1-2-15(14-7-11-18-12-8-14)20-16(21)19-13-17(22)9-5-3-4-6-10-17/h7-8,11-12,15,22H,2-6,9-10,13H2,1H3,(H2,19,20,21). The Morgan fingerprint density at radius 1 is 1.27 bits per heavy atom. The Bertz CT molecular complexity index is 456. The summed E-state index contributed by atoms with van der Waals surface area (Å²) in [4.78, 5) is 16.1. The molecule has 0 aromatic carbocycles. The molecule has 2 rings (SSSR count). The van der Waals surface area contributed by atoms with Crippen molar-refractivity contribution in [2.45, 2.75) is 63.5 Å². The van der Waals surface area contributed by atoms with Crippen LogP contribution in [0.1, 0.15) is 63.5 Å². The highest BCUT2D eigenvalue weighted by Crippen LogP contribution is 2.26. The van der Waals surface area contributed by atoms with Crippen LogP contribution < -0.4 is 10.6 Å². The number of pyridine rings is 1. The first-order valence-electron chi connectivity index (χ1n) is 8.30. The maximum absolute atomic E-state index is 12.1. The molecule has 0 aliphatic heterocycles. The molecule has 1 unspecified atom stereocenters. The fourth-order valence-corrected chi connectivity index (χ4v) is 3.03. The summed E-state index contributed by atoms with van der Waals surface area (Å²) in [6.45, 7) is 2.36. The highest BCUT2D eigenvalue weighted by molar-refractivity contribution is 5.74. The molecule has 0 saturated heterocycles. The molecule has 1 aromatic heterocycles. The first kappa shape index (κ1) is 16.7. The van der Waals surface area contributed by atoms with Crippen molar-refractivity contribution in [2.75, 3.05) is 6.54 Å². The number of aromatic nitrogens is 1. The quantitative estimate of drug-likeness (QED) is 0.732. The van der Waals surface area contributed by atoms with Crippen molar-refractivity contribution in [1.29, 1.82) is 0 Å². The number of nitrogens with one attached hydrogen (secondary N) is 2. The van der Waals surface area contributed by atoms with E-state index in [9.17, 15) is 9.90 Å². The van der Waals surface area contributed by atoms with E-state index in [0.29, 0.717) is 6.54 Å². The Morgan fingerprint density at radius 3 is 2.50 bits per heavy atom. The Hall–Kier alpha value is -1.62. The third-order valence-electron chi connectivity index (χ3n) is 4.43. The van der Waals surface area contributed by atoms with Crippen LogP contribution in [0.2, 0.25) is 0 Å². The fourth-order valence-electron chi connectivity index (χ4n) is 3.03. The summed E-state index contributed by atoms with van der Waals surface area (Å²) in [6.07, 6.45) is 10.2. The molecule has 0 radical (unpaired) electrons. The van der Waals surface area contributed by atoms with Crippen molar-refractivity contribution in [1.82, 2.24) is 15.6 Å². The Kier molecular flexibility index (Phi) is 6.19. The Labute approximate surface area is 132 Å². The lowest BCUT2D eigenvalue weighted by Crippen LogP contribution is -2.46. The normalized spacial score (nSPS) is 19.0. The zero-order valence-electron chi connectivity index (χ0n) is 13.3. The van der Waals surface area contributed by atoms with Gasteiger partial charge in [-0.15, -0.1) is 0 Å². The molecule has 0 bridgehead atoms. The first-order valence-corrected chi connectivity index (χ1v) is 8.30. The summed E-state index contributed by atoms with van der Waals surface area (Å²) in [5.41, 5.74) is 0.299. The first-order chi connectivity index (χ1) is 10.6. The molecule has 1 atom stereocenters. The van der Waals surface area contributed by atoms with Gasteiger partial charge in [-0.05, 0) is 37.0 Å². The van der Waals surface area contributed by atoms with Crippen LogP contribution in [0.25, 0.3) is 0 Å². The highest BCUT2D eigenvalue weighted by atomic mass is 16.3. The molecule has 1 aliphatic rings. The van der Waals surface area contributed by atoms with E-state index in [1.165, 1.54) is 12.8 Å². The van der Waals surface area contributed by atoms with E-state index in [4.69, 9.17) is 0 Å². The summed E-state index contributed by atoms with van der Waals surface area (Å²) in [6, 6.07) is 3.56. The molecule has 1 aromatic rings. The summed E-state index contributed by atoms with van der Waals surface area (Å²) >= 11 is 0. The molecule has 0 spiro atoms. The van der Waals surface area contributed by atoms with Crippen molar-refractivity contribution < 1.29 is 9.90 Å². The van der Waals surface area contributed by atoms with Crippen LogP contribution in [0.4, 0.5) is 4.79 Å². The molecule has 22 heavy (non-hydrogen) atoms. The van der Waals surface area contributed by atoms with Gasteiger partial charge in [-0.2, -0.15) is 0 Å². The van der Waals surface area contributed by atoms with E-state index in [0.717, 1.165) is 37.7 Å². The molecule has 1 heterocycles. The number of hydrogen-bond acceptors (Lipinski definition) is 3. The van der Waals surface area contributed by atoms with Gasteiger partial charge >= 0.3 is 6.03 Å². The number of aliphatic hydroxyl groups is 1. The van der Waals surface area contributed by atoms with Gasteiger partial charge in [0.15, 0.2) is 0 Å². The minimum atomic E-state index is -0.744. The van der Waals surface area contributed by atoms with Gasteiger partial charge < -0.3 is 15.7 Å². The zero-order chi connectivity index (χ0) is 15.8. The van der Waals surface area contributed by atoms with Gasteiger partial charge in [0.1, 0.15) is 0 Å². The van der Waals surface area contributed by atoms with Crippen LogP contribution in [0.5, 0.6) is 0 Å². The topological polar surface area (TPSA) is 74.2 Å². The number of amides is 2. The smallest absolute Gasteiger partial charge is 0.315 e. The molecule has 1 saturated carbocycles. The molecule has 5 heteroatoms. The van der Waals surface area contributed by atoms with Gasteiger partial charge in [-0.1, -0.05) is 32.6 Å². The van der Waals surface area contributed by atoms with Gasteiger partial charge in [-0.25, -0.2) is 4.79 Å². The summed E-state index contributed by atoms with van der Waals surface area (Å²) in [7, 11) is 0. The molecule has 2 amide bonds. The maximum atomic E-state index is 12.1. The number of carbonyl (C=O) groups is 1. The fraction of sp³-hybridized carbons (Fsp3) is 0.647. The summed E-state index contributed by atoms with van der Waals surface area (Å²) in [5, 5.41) is 16.4. The zero-order valence-corrected chi connectivity index (χ0v) is 13.3. The van der Waals surface area contributed by atoms with Gasteiger partial charge in [0.25, 0.3) is 0 Å². The van der Waals surface area contributed by atoms with Crippen molar-refractivity contribution in [3.05, 3.63) is 30.1 Å². The monoisotopic (exact) mass is 305 g/mol. The molecule has 1 fully saturated rings. The lowest BCUT2D eigenvalue weighted by molar-refractivity contribution is 0.0276. The molecule has 5 nitrogen and oxygen atoms in total. The van der Waals surface area contributed by atoms with E-state index in [2.05, 4.69) is 15.6 Å². The van der Waals surface area contributed by atoms with E-state index in [1.807, 2.05) is 19.1 Å². The van der Waals surface area contributed by atoms with Crippen LogP contribution in [0.15, 0.2) is 24.5 Å². The van der Waals surface area contributed by atoms with Crippen LogP contribution in [-0.4, -0.2) is 28.3 Å². The number of hydrogen-bond donors (Lipinski definition) is 3. The third-order valence-corrected chi connectivity index (χ3v) is 4.43. The second-order valence-corrected chi connectivity index (χ2v) is 6.21. The summed E-state index contributed by atoms with van der Waals surface area (Å²) < 4.78 is 0. The lowest BCUT2D eigenvalue weighted by Gasteiger charge is -2.27. The van der Waals surface area contributed by atoms with E-state index >= 15 is 0 Å². The minimum absolute atomic E-state index is 0.0354. The van der Waals surface area contributed by atoms with E-state index < -0.39 is 5.60 Å². The minimum Gasteiger partial charge on any atom is -0.388 e. The van der Waals surface area contributed by atoms with Gasteiger partial charge in [-0.3, -0.25) is 4.98 Å². The predicted molar refractivity (Wildman–Crippen MR) is 86.5 cm³/mol. The Morgan fingerprint density at radius 2 is 1.91 bits per heavy atom.